The van der Waals surface area contributed by atoms with E-state index in [0.29, 0.717) is 5.92 Å². The van der Waals surface area contributed by atoms with Crippen molar-refractivity contribution in [2.75, 3.05) is 0 Å². The lowest BCUT2D eigenvalue weighted by atomic mass is 9.87. The summed E-state index contributed by atoms with van der Waals surface area (Å²) in [7, 11) is 0. The average molecular weight is 284 g/mol. The van der Waals surface area contributed by atoms with E-state index >= 15 is 0 Å². The Bertz CT molecular complexity index is 333. The fourth-order valence-electron chi connectivity index (χ4n) is 2.31. The highest BCUT2D eigenvalue weighted by atomic mass is 16.5. The molecule has 0 aliphatic rings. The predicted molar refractivity (Wildman–Crippen MR) is 79.4 cm³/mol. The zero-order valence-electron chi connectivity index (χ0n) is 13.1. The number of unbranched alkanes of at least 4 members (excludes halogenated alkanes) is 1. The minimum absolute atomic E-state index is 0.00787. The number of aliphatic carboxylic acids is 1. The van der Waals surface area contributed by atoms with Crippen LogP contribution in [-0.4, -0.2) is 23.1 Å². The predicted octanol–water partition coefficient (Wildman–Crippen LogP) is 3.80. The first-order valence-electron chi connectivity index (χ1n) is 7.43. The highest BCUT2D eigenvalue weighted by molar-refractivity contribution is 5.92. The second-order valence-electron chi connectivity index (χ2n) is 5.60. The monoisotopic (exact) mass is 284 g/mol. The van der Waals surface area contributed by atoms with E-state index in [-0.39, 0.29) is 24.0 Å². The molecule has 0 radical (unpaired) electrons. The molecule has 2 atom stereocenters. The number of hydrogen-bond donors (Lipinski definition) is 1. The smallest absolute Gasteiger partial charge is 0.334 e. The first-order valence-corrected chi connectivity index (χ1v) is 7.43. The second-order valence-corrected chi connectivity index (χ2v) is 5.60. The molecule has 20 heavy (non-hydrogen) atoms. The Morgan fingerprint density at radius 2 is 1.85 bits per heavy atom. The number of ether oxygens (including phenoxy) is 1. The van der Waals surface area contributed by atoms with Gasteiger partial charge in [-0.05, 0) is 24.7 Å². The van der Waals surface area contributed by atoms with Crippen LogP contribution in [0.15, 0.2) is 12.2 Å². The third kappa shape index (κ3) is 6.73. The Morgan fingerprint density at radius 1 is 1.25 bits per heavy atom. The van der Waals surface area contributed by atoms with E-state index in [1.54, 1.807) is 0 Å². The van der Waals surface area contributed by atoms with Crippen molar-refractivity contribution < 1.29 is 19.4 Å². The van der Waals surface area contributed by atoms with Gasteiger partial charge in [0.25, 0.3) is 0 Å². The maximum atomic E-state index is 11.9. The Balaban J connectivity index is 4.70. The van der Waals surface area contributed by atoms with Crippen LogP contribution in [0.4, 0.5) is 0 Å². The van der Waals surface area contributed by atoms with Gasteiger partial charge in [0.1, 0.15) is 6.10 Å². The molecule has 0 aromatic carbocycles. The van der Waals surface area contributed by atoms with Gasteiger partial charge in [-0.2, -0.15) is 0 Å². The van der Waals surface area contributed by atoms with Gasteiger partial charge in [0.15, 0.2) is 0 Å². The summed E-state index contributed by atoms with van der Waals surface area (Å²) < 4.78 is 5.52. The first-order chi connectivity index (χ1) is 9.33. The van der Waals surface area contributed by atoms with Gasteiger partial charge in [-0.15, -0.1) is 0 Å². The van der Waals surface area contributed by atoms with Crippen molar-refractivity contribution in [2.45, 2.75) is 65.9 Å². The van der Waals surface area contributed by atoms with E-state index < -0.39 is 11.9 Å². The molecule has 0 rings (SSSR count). The lowest BCUT2D eigenvalue weighted by molar-refractivity contribution is -0.152. The van der Waals surface area contributed by atoms with E-state index in [1.807, 2.05) is 13.8 Å². The van der Waals surface area contributed by atoms with E-state index in [2.05, 4.69) is 20.4 Å². The lowest BCUT2D eigenvalue weighted by Gasteiger charge is -2.29. The Kier molecular flexibility index (Phi) is 8.93. The largest absolute Gasteiger partial charge is 0.481 e. The van der Waals surface area contributed by atoms with Gasteiger partial charge in [0, 0.05) is 5.57 Å². The van der Waals surface area contributed by atoms with Crippen molar-refractivity contribution >= 4 is 11.9 Å². The summed E-state index contributed by atoms with van der Waals surface area (Å²) >= 11 is 0. The number of hydrogen-bond acceptors (Lipinski definition) is 3. The molecule has 0 amide bonds. The summed E-state index contributed by atoms with van der Waals surface area (Å²) in [5, 5.41) is 8.68. The van der Waals surface area contributed by atoms with Crippen molar-refractivity contribution in [3.63, 3.8) is 0 Å². The average Bonchev–Trinajstić information content (AvgIpc) is 2.36. The van der Waals surface area contributed by atoms with Gasteiger partial charge in [-0.3, -0.25) is 4.79 Å². The number of esters is 1. The van der Waals surface area contributed by atoms with Gasteiger partial charge >= 0.3 is 11.9 Å². The molecule has 4 nitrogen and oxygen atoms in total. The first kappa shape index (κ1) is 18.7. The Labute approximate surface area is 122 Å². The standard InChI is InChI=1S/C16H28O4/c1-6-8-9-13(7-2)15(11(3)4)20-16(19)12(5)10-14(17)18/h11,13,15H,5-10H2,1-4H3,(H,17,18). The van der Waals surface area contributed by atoms with Gasteiger partial charge in [0.05, 0.1) is 6.42 Å². The molecule has 1 N–H and O–H groups in total. The van der Waals surface area contributed by atoms with Crippen molar-refractivity contribution in [3.8, 4) is 0 Å². The molecule has 0 aromatic rings. The fraction of sp³-hybridized carbons (Fsp3) is 0.750. The molecule has 0 saturated carbocycles. The van der Waals surface area contributed by atoms with Crippen LogP contribution < -0.4 is 0 Å². The number of carboxylic acids is 1. The van der Waals surface area contributed by atoms with Crippen LogP contribution in [0.5, 0.6) is 0 Å². The van der Waals surface area contributed by atoms with E-state index in [0.717, 1.165) is 25.7 Å². The van der Waals surface area contributed by atoms with E-state index in [4.69, 9.17) is 9.84 Å². The van der Waals surface area contributed by atoms with Gasteiger partial charge in [-0.25, -0.2) is 4.79 Å². The van der Waals surface area contributed by atoms with Crippen LogP contribution in [0.25, 0.3) is 0 Å². The van der Waals surface area contributed by atoms with E-state index in [1.165, 1.54) is 0 Å². The van der Waals surface area contributed by atoms with Crippen LogP contribution in [0.3, 0.4) is 0 Å². The number of carbonyl (C=O) groups excluding carboxylic acids is 1. The molecule has 0 spiro atoms. The van der Waals surface area contributed by atoms with Crippen LogP contribution in [-0.2, 0) is 14.3 Å². The maximum absolute atomic E-state index is 11.9. The zero-order chi connectivity index (χ0) is 15.7. The zero-order valence-corrected chi connectivity index (χ0v) is 13.1. The second kappa shape index (κ2) is 9.56. The quantitative estimate of drug-likeness (QED) is 0.489. The summed E-state index contributed by atoms with van der Waals surface area (Å²) in [4.78, 5) is 22.5. The van der Waals surface area contributed by atoms with Gasteiger partial charge in [-0.1, -0.05) is 47.1 Å². The van der Waals surface area contributed by atoms with Crippen LogP contribution in [0, 0.1) is 11.8 Å². The highest BCUT2D eigenvalue weighted by Crippen LogP contribution is 2.26. The number of rotatable bonds is 10. The third-order valence-electron chi connectivity index (χ3n) is 3.47. The number of carbonyl (C=O) groups is 2. The van der Waals surface area contributed by atoms with Crippen molar-refractivity contribution in [3.05, 3.63) is 12.2 Å². The molecule has 0 aliphatic heterocycles. The minimum Gasteiger partial charge on any atom is -0.481 e. The fourth-order valence-corrected chi connectivity index (χ4v) is 2.31. The summed E-state index contributed by atoms with van der Waals surface area (Å²) in [6.07, 6.45) is 3.64. The molecule has 0 aromatic heterocycles. The van der Waals surface area contributed by atoms with Crippen molar-refractivity contribution in [1.82, 2.24) is 0 Å². The van der Waals surface area contributed by atoms with Crippen molar-refractivity contribution in [2.24, 2.45) is 11.8 Å². The lowest BCUT2D eigenvalue weighted by Crippen LogP contribution is -2.32. The molecule has 2 unspecified atom stereocenters. The maximum Gasteiger partial charge on any atom is 0.334 e. The topological polar surface area (TPSA) is 63.6 Å². The molecule has 0 saturated heterocycles. The molecule has 0 bridgehead atoms. The Hall–Kier alpha value is -1.32. The molecule has 0 heterocycles. The van der Waals surface area contributed by atoms with E-state index in [9.17, 15) is 9.59 Å². The summed E-state index contributed by atoms with van der Waals surface area (Å²) in [6, 6.07) is 0. The SMILES string of the molecule is C=C(CC(=O)O)C(=O)OC(C(C)C)C(CC)CCCC. The minimum atomic E-state index is -1.06. The molecule has 4 heteroatoms. The molecular weight excluding hydrogens is 256 g/mol. The summed E-state index contributed by atoms with van der Waals surface area (Å²) in [5.41, 5.74) is 0.00787. The normalized spacial score (nSPS) is 13.8. The van der Waals surface area contributed by atoms with Gasteiger partial charge < -0.3 is 9.84 Å². The summed E-state index contributed by atoms with van der Waals surface area (Å²) in [6.45, 7) is 11.8. The van der Waals surface area contributed by atoms with Crippen LogP contribution in [0.2, 0.25) is 0 Å². The van der Waals surface area contributed by atoms with Crippen LogP contribution >= 0.6 is 0 Å². The number of carboxylic acid groups (broad SMARTS) is 1. The highest BCUT2D eigenvalue weighted by Gasteiger charge is 2.27. The molecular formula is C16H28O4. The third-order valence-corrected chi connectivity index (χ3v) is 3.47. The van der Waals surface area contributed by atoms with Crippen molar-refractivity contribution in [1.29, 1.82) is 0 Å². The molecule has 0 aliphatic carbocycles. The van der Waals surface area contributed by atoms with Crippen LogP contribution in [0.1, 0.15) is 59.8 Å². The van der Waals surface area contributed by atoms with Gasteiger partial charge in [0.2, 0.25) is 0 Å². The Morgan fingerprint density at radius 3 is 2.25 bits per heavy atom. The molecule has 116 valence electrons. The summed E-state index contributed by atoms with van der Waals surface area (Å²) in [5.74, 6) is -1.12. The molecule has 0 fully saturated rings.